The minimum Gasteiger partial charge on any atom is -0.452 e. The molecule has 0 spiro atoms. The van der Waals surface area contributed by atoms with Gasteiger partial charge in [-0.05, 0) is 36.0 Å². The van der Waals surface area contributed by atoms with E-state index in [0.717, 1.165) is 0 Å². The first kappa shape index (κ1) is 17.9. The molecule has 24 heavy (non-hydrogen) atoms. The van der Waals surface area contributed by atoms with Crippen molar-refractivity contribution in [2.24, 2.45) is 0 Å². The number of thioether (sulfide) groups is 1. The zero-order chi connectivity index (χ0) is 17.5. The van der Waals surface area contributed by atoms with E-state index in [9.17, 15) is 18.4 Å². The predicted molar refractivity (Wildman–Crippen MR) is 86.2 cm³/mol. The fourth-order valence-electron chi connectivity index (χ4n) is 1.82. The lowest BCUT2D eigenvalue weighted by atomic mass is 10.3. The largest absolute Gasteiger partial charge is 0.452 e. The summed E-state index contributed by atoms with van der Waals surface area (Å²) in [4.78, 5) is 29.1. The maximum absolute atomic E-state index is 12.5. The van der Waals surface area contributed by atoms with Crippen LogP contribution in [0.25, 0.3) is 0 Å². The molecule has 8 heteroatoms. The van der Waals surface area contributed by atoms with Gasteiger partial charge in [0.25, 0.3) is 11.7 Å². The second-order valence-electron chi connectivity index (χ2n) is 4.60. The Bertz CT molecular complexity index is 713. The second kappa shape index (κ2) is 8.39. The highest BCUT2D eigenvalue weighted by Crippen LogP contribution is 2.26. The lowest BCUT2D eigenvalue weighted by Crippen LogP contribution is -2.31. The number of nitrogens with zero attached hydrogens (tertiary/aromatic N) is 2. The van der Waals surface area contributed by atoms with Gasteiger partial charge in [-0.15, -0.1) is 0 Å². The zero-order valence-electron chi connectivity index (χ0n) is 12.7. The van der Waals surface area contributed by atoms with Gasteiger partial charge in [0, 0.05) is 18.9 Å². The van der Waals surface area contributed by atoms with Crippen LogP contribution in [-0.4, -0.2) is 36.3 Å². The van der Waals surface area contributed by atoms with Crippen molar-refractivity contribution in [2.75, 3.05) is 18.6 Å². The smallest absolute Gasteiger partial charge is 0.341 e. The van der Waals surface area contributed by atoms with Crippen LogP contribution >= 0.6 is 11.8 Å². The molecule has 0 unspecified atom stereocenters. The SMILES string of the molecule is CN(C(=O)COC(=O)c1cccnc1SC(F)F)c1ccccc1. The number of rotatable bonds is 6. The molecule has 0 N–H and O–H groups in total. The summed E-state index contributed by atoms with van der Waals surface area (Å²) in [5.74, 6) is -4.03. The molecule has 0 radical (unpaired) electrons. The van der Waals surface area contributed by atoms with Gasteiger partial charge >= 0.3 is 5.97 Å². The molecular formula is C16H14F2N2O3S. The van der Waals surface area contributed by atoms with Crippen molar-refractivity contribution in [1.82, 2.24) is 4.98 Å². The summed E-state index contributed by atoms with van der Waals surface area (Å²) in [6.07, 6.45) is 1.30. The normalized spacial score (nSPS) is 10.5. The molecule has 1 aromatic carbocycles. The quantitative estimate of drug-likeness (QED) is 0.590. The Hall–Kier alpha value is -2.48. The summed E-state index contributed by atoms with van der Waals surface area (Å²) in [6, 6.07) is 11.6. The van der Waals surface area contributed by atoms with Crippen molar-refractivity contribution < 1.29 is 23.1 Å². The molecule has 5 nitrogen and oxygen atoms in total. The summed E-state index contributed by atoms with van der Waals surface area (Å²) in [7, 11) is 1.55. The first-order valence-electron chi connectivity index (χ1n) is 6.87. The number of esters is 1. The number of anilines is 1. The summed E-state index contributed by atoms with van der Waals surface area (Å²) < 4.78 is 29.9. The molecule has 1 heterocycles. The number of likely N-dealkylation sites (N-methyl/N-ethyl adjacent to an activating group) is 1. The molecule has 126 valence electrons. The van der Waals surface area contributed by atoms with E-state index in [1.807, 2.05) is 6.07 Å². The Balaban J connectivity index is 1.99. The number of carbonyl (C=O) groups is 2. The second-order valence-corrected chi connectivity index (χ2v) is 5.58. The number of ether oxygens (including phenoxy) is 1. The van der Waals surface area contributed by atoms with Crippen molar-refractivity contribution in [3.8, 4) is 0 Å². The van der Waals surface area contributed by atoms with Crippen LogP contribution in [0.5, 0.6) is 0 Å². The number of pyridine rings is 1. The molecule has 2 rings (SSSR count). The van der Waals surface area contributed by atoms with Gasteiger partial charge in [0.15, 0.2) is 6.61 Å². The van der Waals surface area contributed by atoms with Crippen molar-refractivity contribution in [2.45, 2.75) is 10.8 Å². The fraction of sp³-hybridized carbons (Fsp3) is 0.188. The third-order valence-corrected chi connectivity index (χ3v) is 3.76. The van der Waals surface area contributed by atoms with Crippen molar-refractivity contribution >= 4 is 29.3 Å². The van der Waals surface area contributed by atoms with E-state index in [4.69, 9.17) is 4.74 Å². The summed E-state index contributed by atoms with van der Waals surface area (Å²) in [6.45, 7) is -0.502. The molecule has 0 atom stereocenters. The van der Waals surface area contributed by atoms with Gasteiger partial charge in [0.2, 0.25) is 0 Å². The Labute approximate surface area is 141 Å². The number of benzene rings is 1. The Morgan fingerprint density at radius 3 is 2.58 bits per heavy atom. The molecule has 0 aliphatic rings. The molecule has 0 aliphatic heterocycles. The van der Waals surface area contributed by atoms with Gasteiger partial charge in [-0.3, -0.25) is 4.79 Å². The Morgan fingerprint density at radius 1 is 1.21 bits per heavy atom. The fourth-order valence-corrected chi connectivity index (χ4v) is 2.39. The van der Waals surface area contributed by atoms with E-state index < -0.39 is 24.2 Å². The van der Waals surface area contributed by atoms with Gasteiger partial charge in [0.05, 0.1) is 5.56 Å². The standard InChI is InChI=1S/C16H14F2N2O3S/c1-20(11-6-3-2-4-7-11)13(21)10-23-15(22)12-8-5-9-19-14(12)24-16(17)18/h2-9,16H,10H2,1H3. The third kappa shape index (κ3) is 4.76. The summed E-state index contributed by atoms with van der Waals surface area (Å²) in [5.41, 5.74) is 0.548. The van der Waals surface area contributed by atoms with Crippen LogP contribution in [0.1, 0.15) is 10.4 Å². The van der Waals surface area contributed by atoms with Crippen molar-refractivity contribution in [3.05, 3.63) is 54.2 Å². The predicted octanol–water partition coefficient (Wildman–Crippen LogP) is 3.22. The van der Waals surface area contributed by atoms with E-state index in [-0.39, 0.29) is 22.4 Å². The van der Waals surface area contributed by atoms with Crippen LogP contribution in [0.2, 0.25) is 0 Å². The maximum Gasteiger partial charge on any atom is 0.341 e. The molecule has 1 amide bonds. The van der Waals surface area contributed by atoms with Crippen molar-refractivity contribution in [3.63, 3.8) is 0 Å². The lowest BCUT2D eigenvalue weighted by Gasteiger charge is -2.17. The van der Waals surface area contributed by atoms with Crippen LogP contribution in [0.4, 0.5) is 14.5 Å². The minimum absolute atomic E-state index is 0.0991. The van der Waals surface area contributed by atoms with Crippen LogP contribution in [-0.2, 0) is 9.53 Å². The average molecular weight is 352 g/mol. The van der Waals surface area contributed by atoms with E-state index in [1.54, 1.807) is 31.3 Å². The van der Waals surface area contributed by atoms with E-state index >= 15 is 0 Å². The lowest BCUT2D eigenvalue weighted by molar-refractivity contribution is -0.121. The van der Waals surface area contributed by atoms with Gasteiger partial charge in [-0.1, -0.05) is 18.2 Å². The van der Waals surface area contributed by atoms with Crippen LogP contribution in [0, 0.1) is 0 Å². The molecule has 0 fully saturated rings. The first-order valence-corrected chi connectivity index (χ1v) is 7.75. The van der Waals surface area contributed by atoms with Crippen LogP contribution in [0.15, 0.2) is 53.7 Å². The van der Waals surface area contributed by atoms with Gasteiger partial charge in [-0.25, -0.2) is 9.78 Å². The monoisotopic (exact) mass is 352 g/mol. The van der Waals surface area contributed by atoms with Crippen LogP contribution in [0.3, 0.4) is 0 Å². The topological polar surface area (TPSA) is 59.5 Å². The van der Waals surface area contributed by atoms with Gasteiger partial charge in [-0.2, -0.15) is 8.78 Å². The number of hydrogen-bond acceptors (Lipinski definition) is 5. The van der Waals surface area contributed by atoms with Gasteiger partial charge < -0.3 is 9.64 Å². The Kier molecular flexibility index (Phi) is 6.25. The number of amides is 1. The number of aromatic nitrogens is 1. The zero-order valence-corrected chi connectivity index (χ0v) is 13.5. The third-order valence-electron chi connectivity index (χ3n) is 3.04. The molecule has 0 saturated heterocycles. The molecule has 0 aliphatic carbocycles. The van der Waals surface area contributed by atoms with Gasteiger partial charge in [0.1, 0.15) is 5.03 Å². The molecule has 0 bridgehead atoms. The minimum atomic E-state index is -2.71. The number of hydrogen-bond donors (Lipinski definition) is 0. The number of carbonyl (C=O) groups excluding carboxylic acids is 2. The molecule has 1 aromatic heterocycles. The maximum atomic E-state index is 12.5. The highest BCUT2D eigenvalue weighted by Gasteiger charge is 2.20. The number of alkyl halides is 2. The first-order chi connectivity index (χ1) is 11.5. The summed E-state index contributed by atoms with van der Waals surface area (Å²) >= 11 is 0.150. The highest BCUT2D eigenvalue weighted by atomic mass is 32.2. The highest BCUT2D eigenvalue weighted by molar-refractivity contribution is 7.99. The van der Waals surface area contributed by atoms with E-state index in [1.165, 1.54) is 23.2 Å². The number of halogens is 2. The number of para-hydroxylation sites is 1. The summed E-state index contributed by atoms with van der Waals surface area (Å²) in [5, 5.41) is -0.138. The molecular weight excluding hydrogens is 338 g/mol. The Morgan fingerprint density at radius 2 is 1.92 bits per heavy atom. The van der Waals surface area contributed by atoms with Crippen molar-refractivity contribution in [1.29, 1.82) is 0 Å². The average Bonchev–Trinajstić information content (AvgIpc) is 2.59. The van der Waals surface area contributed by atoms with Crippen LogP contribution < -0.4 is 4.90 Å². The van der Waals surface area contributed by atoms with E-state index in [0.29, 0.717) is 5.69 Å². The molecule has 0 saturated carbocycles. The van der Waals surface area contributed by atoms with E-state index in [2.05, 4.69) is 4.98 Å². The molecule has 2 aromatic rings.